The highest BCUT2D eigenvalue weighted by Gasteiger charge is 2.16. The van der Waals surface area contributed by atoms with Crippen LogP contribution in [0.2, 0.25) is 0 Å². The van der Waals surface area contributed by atoms with E-state index >= 15 is 0 Å². The second-order valence-corrected chi connectivity index (χ2v) is 3.87. The number of aromatic amines is 1. The monoisotopic (exact) mass is 197 g/mol. The second kappa shape index (κ2) is 5.12. The predicted octanol–water partition coefficient (Wildman–Crippen LogP) is 1.31. The summed E-state index contributed by atoms with van der Waals surface area (Å²) in [4.78, 5) is 6.99. The molecule has 4 heteroatoms. The summed E-state index contributed by atoms with van der Waals surface area (Å²) in [5, 5.41) is 3.32. The highest BCUT2D eigenvalue weighted by Crippen LogP contribution is 2.06. The predicted molar refractivity (Wildman–Crippen MR) is 56.0 cm³/mol. The van der Waals surface area contributed by atoms with Gasteiger partial charge in [0.05, 0.1) is 11.9 Å². The van der Waals surface area contributed by atoms with E-state index in [9.17, 15) is 0 Å². The molecule has 0 spiro atoms. The van der Waals surface area contributed by atoms with Crippen molar-refractivity contribution in [3.05, 3.63) is 18.2 Å². The molecule has 0 aromatic carbocycles. The van der Waals surface area contributed by atoms with E-state index < -0.39 is 0 Å². The van der Waals surface area contributed by atoms with Crippen LogP contribution in [0.1, 0.15) is 26.5 Å². The Morgan fingerprint density at radius 2 is 2.36 bits per heavy atom. The number of rotatable bonds is 6. The molecule has 1 aromatic rings. The maximum absolute atomic E-state index is 5.56. The Morgan fingerprint density at radius 1 is 1.57 bits per heavy atom. The van der Waals surface area contributed by atoms with Crippen molar-refractivity contribution in [2.24, 2.45) is 0 Å². The van der Waals surface area contributed by atoms with Gasteiger partial charge in [-0.15, -0.1) is 0 Å². The molecule has 0 saturated heterocycles. The molecule has 14 heavy (non-hydrogen) atoms. The van der Waals surface area contributed by atoms with E-state index in [0.717, 1.165) is 25.4 Å². The van der Waals surface area contributed by atoms with Crippen LogP contribution in [0.25, 0.3) is 0 Å². The zero-order chi connectivity index (χ0) is 10.4. The average molecular weight is 197 g/mol. The summed E-state index contributed by atoms with van der Waals surface area (Å²) in [6.45, 7) is 8.55. The van der Waals surface area contributed by atoms with Crippen LogP contribution >= 0.6 is 0 Å². The Labute approximate surface area is 85.1 Å². The first kappa shape index (κ1) is 11.2. The van der Waals surface area contributed by atoms with Crippen LogP contribution in [0.4, 0.5) is 0 Å². The SMILES string of the molecule is CCOC(C)(C)CNCc1cnc[nH]1. The zero-order valence-corrected chi connectivity index (χ0v) is 9.13. The Kier molecular flexibility index (Phi) is 4.10. The molecule has 0 fully saturated rings. The number of nitrogens with one attached hydrogen (secondary N) is 2. The minimum absolute atomic E-state index is 0.102. The van der Waals surface area contributed by atoms with Gasteiger partial charge in [0.1, 0.15) is 0 Å². The first-order valence-electron chi connectivity index (χ1n) is 4.96. The fourth-order valence-corrected chi connectivity index (χ4v) is 1.32. The van der Waals surface area contributed by atoms with Crippen molar-refractivity contribution in [2.45, 2.75) is 32.9 Å². The molecule has 0 amide bonds. The molecular weight excluding hydrogens is 178 g/mol. The number of imidazole rings is 1. The number of ether oxygens (including phenoxy) is 1. The molecule has 1 heterocycles. The topological polar surface area (TPSA) is 49.9 Å². The Hall–Kier alpha value is -0.870. The van der Waals surface area contributed by atoms with Crippen LogP contribution in [0, 0.1) is 0 Å². The summed E-state index contributed by atoms with van der Waals surface area (Å²) in [6, 6.07) is 0. The Morgan fingerprint density at radius 3 is 2.93 bits per heavy atom. The van der Waals surface area contributed by atoms with Gasteiger partial charge in [0.25, 0.3) is 0 Å². The minimum Gasteiger partial charge on any atom is -0.375 e. The molecule has 1 rings (SSSR count). The summed E-state index contributed by atoms with van der Waals surface area (Å²) in [5.41, 5.74) is 0.992. The van der Waals surface area contributed by atoms with Gasteiger partial charge in [-0.2, -0.15) is 0 Å². The van der Waals surface area contributed by atoms with Crippen molar-refractivity contribution in [3.8, 4) is 0 Å². The van der Waals surface area contributed by atoms with Crippen LogP contribution in [0.15, 0.2) is 12.5 Å². The lowest BCUT2D eigenvalue weighted by Gasteiger charge is -2.24. The van der Waals surface area contributed by atoms with Crippen molar-refractivity contribution < 1.29 is 4.74 Å². The van der Waals surface area contributed by atoms with Gasteiger partial charge >= 0.3 is 0 Å². The quantitative estimate of drug-likeness (QED) is 0.723. The highest BCUT2D eigenvalue weighted by atomic mass is 16.5. The third-order valence-corrected chi connectivity index (χ3v) is 1.96. The van der Waals surface area contributed by atoms with Crippen molar-refractivity contribution in [3.63, 3.8) is 0 Å². The van der Waals surface area contributed by atoms with Gasteiger partial charge in [0, 0.05) is 31.6 Å². The van der Waals surface area contributed by atoms with Gasteiger partial charge < -0.3 is 15.0 Å². The second-order valence-electron chi connectivity index (χ2n) is 3.87. The molecule has 0 atom stereocenters. The summed E-state index contributed by atoms with van der Waals surface area (Å²) in [7, 11) is 0. The smallest absolute Gasteiger partial charge is 0.0922 e. The van der Waals surface area contributed by atoms with Crippen molar-refractivity contribution >= 4 is 0 Å². The fraction of sp³-hybridized carbons (Fsp3) is 0.700. The maximum atomic E-state index is 5.56. The van der Waals surface area contributed by atoms with E-state index in [1.807, 2.05) is 13.1 Å². The van der Waals surface area contributed by atoms with Crippen molar-refractivity contribution in [1.82, 2.24) is 15.3 Å². The van der Waals surface area contributed by atoms with Gasteiger partial charge in [-0.25, -0.2) is 4.98 Å². The van der Waals surface area contributed by atoms with Gasteiger partial charge in [0.2, 0.25) is 0 Å². The summed E-state index contributed by atoms with van der Waals surface area (Å²) < 4.78 is 5.56. The molecule has 1 aromatic heterocycles. The summed E-state index contributed by atoms with van der Waals surface area (Å²) in [6.07, 6.45) is 3.51. The lowest BCUT2D eigenvalue weighted by atomic mass is 10.1. The minimum atomic E-state index is -0.102. The number of hydrogen-bond donors (Lipinski definition) is 2. The first-order chi connectivity index (χ1) is 6.64. The molecule has 0 saturated carbocycles. The fourth-order valence-electron chi connectivity index (χ4n) is 1.32. The Bertz CT molecular complexity index is 244. The lowest BCUT2D eigenvalue weighted by Crippen LogP contribution is -2.37. The van der Waals surface area contributed by atoms with Gasteiger partial charge in [-0.3, -0.25) is 0 Å². The van der Waals surface area contributed by atoms with E-state index in [-0.39, 0.29) is 5.60 Å². The van der Waals surface area contributed by atoms with E-state index in [1.54, 1.807) is 6.33 Å². The number of nitrogens with zero attached hydrogens (tertiary/aromatic N) is 1. The van der Waals surface area contributed by atoms with E-state index in [4.69, 9.17) is 4.74 Å². The van der Waals surface area contributed by atoms with Crippen molar-refractivity contribution in [2.75, 3.05) is 13.2 Å². The van der Waals surface area contributed by atoms with Crippen LogP contribution in [-0.4, -0.2) is 28.7 Å². The summed E-state index contributed by atoms with van der Waals surface area (Å²) in [5.74, 6) is 0. The molecule has 4 nitrogen and oxygen atoms in total. The van der Waals surface area contributed by atoms with Gasteiger partial charge in [-0.1, -0.05) is 0 Å². The molecule has 0 bridgehead atoms. The van der Waals surface area contributed by atoms with Crippen LogP contribution in [-0.2, 0) is 11.3 Å². The number of H-pyrrole nitrogens is 1. The van der Waals surface area contributed by atoms with Gasteiger partial charge in [0.15, 0.2) is 0 Å². The molecular formula is C10H19N3O. The number of aromatic nitrogens is 2. The van der Waals surface area contributed by atoms with Crippen molar-refractivity contribution in [1.29, 1.82) is 0 Å². The first-order valence-corrected chi connectivity index (χ1v) is 4.96. The molecule has 0 radical (unpaired) electrons. The molecule has 0 aliphatic carbocycles. The Balaban J connectivity index is 2.20. The standard InChI is InChI=1S/C10H19N3O/c1-4-14-10(2,3)7-11-5-9-6-12-8-13-9/h6,8,11H,4-5,7H2,1-3H3,(H,12,13). The van der Waals surface area contributed by atoms with Crippen LogP contribution in [0.3, 0.4) is 0 Å². The van der Waals surface area contributed by atoms with E-state index in [2.05, 4.69) is 29.1 Å². The lowest BCUT2D eigenvalue weighted by molar-refractivity contribution is -0.00901. The largest absolute Gasteiger partial charge is 0.375 e. The molecule has 80 valence electrons. The highest BCUT2D eigenvalue weighted by molar-refractivity contribution is 4.93. The zero-order valence-electron chi connectivity index (χ0n) is 9.13. The molecule has 0 unspecified atom stereocenters. The number of hydrogen-bond acceptors (Lipinski definition) is 3. The molecule has 0 aliphatic rings. The van der Waals surface area contributed by atoms with Gasteiger partial charge in [-0.05, 0) is 20.8 Å². The third kappa shape index (κ3) is 3.89. The van der Waals surface area contributed by atoms with Crippen LogP contribution in [0.5, 0.6) is 0 Å². The average Bonchev–Trinajstić information content (AvgIpc) is 2.56. The van der Waals surface area contributed by atoms with Crippen LogP contribution < -0.4 is 5.32 Å². The summed E-state index contributed by atoms with van der Waals surface area (Å²) >= 11 is 0. The third-order valence-electron chi connectivity index (χ3n) is 1.96. The molecule has 0 aliphatic heterocycles. The van der Waals surface area contributed by atoms with E-state index in [1.165, 1.54) is 0 Å². The maximum Gasteiger partial charge on any atom is 0.0922 e. The molecule has 2 N–H and O–H groups in total. The van der Waals surface area contributed by atoms with E-state index in [0.29, 0.717) is 0 Å². The normalized spacial score (nSPS) is 11.9.